The number of aromatic hydroxyl groups is 2. The van der Waals surface area contributed by atoms with Crippen LogP contribution in [0.4, 0.5) is 5.69 Å². The summed E-state index contributed by atoms with van der Waals surface area (Å²) in [5, 5.41) is 20.7. The molecule has 138 valence electrons. The molecule has 1 atom stereocenters. The molecule has 2 N–H and O–H groups in total. The van der Waals surface area contributed by atoms with Crippen LogP contribution in [0.2, 0.25) is 0 Å². The van der Waals surface area contributed by atoms with E-state index in [2.05, 4.69) is 15.9 Å². The van der Waals surface area contributed by atoms with Crippen molar-refractivity contribution in [3.8, 4) is 11.5 Å². The lowest BCUT2D eigenvalue weighted by Crippen LogP contribution is -2.47. The summed E-state index contributed by atoms with van der Waals surface area (Å²) < 4.78 is 5.79. The van der Waals surface area contributed by atoms with E-state index >= 15 is 0 Å². The van der Waals surface area contributed by atoms with Gasteiger partial charge in [-0.1, -0.05) is 12.1 Å². The Balaban J connectivity index is 1.89. The third kappa shape index (κ3) is 2.94. The molecule has 0 aliphatic carbocycles. The van der Waals surface area contributed by atoms with E-state index in [1.165, 1.54) is 12.1 Å². The second-order valence-electron chi connectivity index (χ2n) is 6.38. The highest BCUT2D eigenvalue weighted by Gasteiger charge is 2.38. The third-order valence-electron chi connectivity index (χ3n) is 4.70. The molecule has 1 amide bonds. The van der Waals surface area contributed by atoms with Crippen molar-refractivity contribution in [2.45, 2.75) is 12.7 Å². The fourth-order valence-corrected chi connectivity index (χ4v) is 3.94. The number of benzene rings is 2. The number of hydrogen-bond donors (Lipinski definition) is 2. The summed E-state index contributed by atoms with van der Waals surface area (Å²) in [7, 11) is 1.85. The van der Waals surface area contributed by atoms with Crippen molar-refractivity contribution in [1.82, 2.24) is 4.90 Å². The molecular weight excluding hydrogens is 412 g/mol. The third-order valence-corrected chi connectivity index (χ3v) is 5.30. The number of para-hydroxylation sites is 1. The van der Waals surface area contributed by atoms with E-state index in [0.29, 0.717) is 21.4 Å². The predicted molar refractivity (Wildman–Crippen MR) is 104 cm³/mol. The number of carbonyl (C=O) groups is 1. The number of carbonyl (C=O) groups excluding carboxylic acids is 1. The minimum atomic E-state index is -0.624. The molecule has 0 bridgehead atoms. The molecule has 0 fully saturated rings. The Morgan fingerprint density at radius 1 is 1.15 bits per heavy atom. The van der Waals surface area contributed by atoms with Crippen LogP contribution < -0.4 is 4.90 Å². The molecule has 0 spiro atoms. The predicted octanol–water partition coefficient (Wildman–Crippen LogP) is 4.24. The van der Waals surface area contributed by atoms with Gasteiger partial charge >= 0.3 is 0 Å². The van der Waals surface area contributed by atoms with E-state index in [-0.39, 0.29) is 24.0 Å². The summed E-state index contributed by atoms with van der Waals surface area (Å²) >= 11 is 3.26. The lowest BCUT2D eigenvalue weighted by atomic mass is 10.0. The van der Waals surface area contributed by atoms with Crippen LogP contribution in [0, 0.1) is 0 Å². The van der Waals surface area contributed by atoms with Crippen molar-refractivity contribution in [2.24, 2.45) is 0 Å². The second kappa shape index (κ2) is 6.66. The lowest BCUT2D eigenvalue weighted by molar-refractivity contribution is 0.0616. The minimum absolute atomic E-state index is 0.00710. The van der Waals surface area contributed by atoms with E-state index in [1.54, 1.807) is 29.4 Å². The first kappa shape index (κ1) is 17.5. The molecule has 2 aromatic carbocycles. The zero-order chi connectivity index (χ0) is 19.1. The van der Waals surface area contributed by atoms with Gasteiger partial charge in [0.2, 0.25) is 0 Å². The quantitative estimate of drug-likeness (QED) is 0.609. The van der Waals surface area contributed by atoms with Crippen molar-refractivity contribution in [3.05, 3.63) is 76.2 Å². The first-order chi connectivity index (χ1) is 13.0. The first-order valence-corrected chi connectivity index (χ1v) is 9.13. The van der Waals surface area contributed by atoms with Crippen molar-refractivity contribution in [2.75, 3.05) is 11.9 Å². The lowest BCUT2D eigenvalue weighted by Gasteiger charge is -2.44. The van der Waals surface area contributed by atoms with E-state index in [0.717, 1.165) is 5.69 Å². The molecule has 1 aliphatic rings. The Morgan fingerprint density at radius 2 is 1.93 bits per heavy atom. The fourth-order valence-electron chi connectivity index (χ4n) is 3.48. The van der Waals surface area contributed by atoms with E-state index < -0.39 is 6.17 Å². The van der Waals surface area contributed by atoms with Crippen LogP contribution >= 0.6 is 15.9 Å². The number of fused-ring (bicyclic) bond motifs is 1. The van der Waals surface area contributed by atoms with Gasteiger partial charge in [0.05, 0.1) is 28.5 Å². The summed E-state index contributed by atoms with van der Waals surface area (Å²) in [6.07, 6.45) is 0.930. The number of phenolic OH excluding ortho intramolecular Hbond substituents is 2. The highest BCUT2D eigenvalue weighted by molar-refractivity contribution is 9.10. The number of rotatable bonds is 3. The highest BCUT2D eigenvalue weighted by atomic mass is 79.9. The normalized spacial score (nSPS) is 16.5. The standard InChI is InChI=1S/C20H17BrN2O4/c1-22-17-7-3-2-6-14(17)20(26)23(11-13-5-4-8-27-13)19(22)15-9-12(24)10-16(21)18(15)25/h2-10,19,24-25H,11H2,1H3. The molecular formula is C20H17BrN2O4. The van der Waals surface area contributed by atoms with Crippen LogP contribution in [0.3, 0.4) is 0 Å². The molecule has 1 aromatic heterocycles. The summed E-state index contributed by atoms with van der Waals surface area (Å²) in [6, 6.07) is 13.8. The Bertz CT molecular complexity index is 1000. The van der Waals surface area contributed by atoms with Gasteiger partial charge in [0.15, 0.2) is 0 Å². The molecule has 27 heavy (non-hydrogen) atoms. The van der Waals surface area contributed by atoms with Crippen LogP contribution in [-0.4, -0.2) is 28.1 Å². The summed E-state index contributed by atoms with van der Waals surface area (Å²) in [5.41, 5.74) is 1.74. The Kier molecular flexibility index (Phi) is 4.31. The Labute approximate surface area is 164 Å². The molecule has 0 radical (unpaired) electrons. The second-order valence-corrected chi connectivity index (χ2v) is 7.23. The maximum Gasteiger partial charge on any atom is 0.258 e. The largest absolute Gasteiger partial charge is 0.508 e. The summed E-state index contributed by atoms with van der Waals surface area (Å²) in [6.45, 7) is 0.224. The zero-order valence-corrected chi connectivity index (χ0v) is 16.0. The SMILES string of the molecule is CN1c2ccccc2C(=O)N(Cc2ccco2)C1c1cc(O)cc(Br)c1O. The minimum Gasteiger partial charge on any atom is -0.508 e. The number of halogens is 1. The smallest absolute Gasteiger partial charge is 0.258 e. The maximum atomic E-state index is 13.3. The van der Waals surface area contributed by atoms with E-state index in [1.807, 2.05) is 30.1 Å². The monoisotopic (exact) mass is 428 g/mol. The van der Waals surface area contributed by atoms with Crippen molar-refractivity contribution in [1.29, 1.82) is 0 Å². The number of amides is 1. The molecule has 1 unspecified atom stereocenters. The molecule has 0 saturated carbocycles. The van der Waals surface area contributed by atoms with E-state index in [9.17, 15) is 15.0 Å². The molecule has 0 saturated heterocycles. The van der Waals surface area contributed by atoms with Gasteiger partial charge in [-0.15, -0.1) is 0 Å². The molecule has 1 aliphatic heterocycles. The van der Waals surface area contributed by atoms with Gasteiger partial charge in [-0.05, 0) is 52.3 Å². The van der Waals surface area contributed by atoms with Gasteiger partial charge in [0.1, 0.15) is 23.4 Å². The Hall–Kier alpha value is -2.93. The number of hydrogen-bond acceptors (Lipinski definition) is 5. The molecule has 6 nitrogen and oxygen atoms in total. The Morgan fingerprint density at radius 3 is 2.67 bits per heavy atom. The average Bonchev–Trinajstić information content (AvgIpc) is 3.16. The topological polar surface area (TPSA) is 77.2 Å². The first-order valence-electron chi connectivity index (χ1n) is 8.34. The van der Waals surface area contributed by atoms with Gasteiger partial charge in [0.25, 0.3) is 5.91 Å². The highest BCUT2D eigenvalue weighted by Crippen LogP contribution is 2.44. The van der Waals surface area contributed by atoms with Crippen molar-refractivity contribution >= 4 is 27.5 Å². The van der Waals surface area contributed by atoms with Crippen molar-refractivity contribution < 1.29 is 19.4 Å². The van der Waals surface area contributed by atoms with Crippen LogP contribution in [0.1, 0.15) is 27.8 Å². The van der Waals surface area contributed by atoms with Gasteiger partial charge in [-0.3, -0.25) is 4.79 Å². The number of anilines is 1. The molecule has 7 heteroatoms. The van der Waals surface area contributed by atoms with Crippen LogP contribution in [0.15, 0.2) is 63.7 Å². The van der Waals surface area contributed by atoms with Gasteiger partial charge in [-0.25, -0.2) is 0 Å². The summed E-state index contributed by atoms with van der Waals surface area (Å²) in [5.74, 6) is 0.414. The fraction of sp³-hybridized carbons (Fsp3) is 0.150. The van der Waals surface area contributed by atoms with Crippen molar-refractivity contribution in [3.63, 3.8) is 0 Å². The number of nitrogens with zero attached hydrogens (tertiary/aromatic N) is 2. The van der Waals surface area contributed by atoms with Crippen LogP contribution in [-0.2, 0) is 6.54 Å². The van der Waals surface area contributed by atoms with Crippen LogP contribution in [0.5, 0.6) is 11.5 Å². The van der Waals surface area contributed by atoms with E-state index in [4.69, 9.17) is 4.42 Å². The van der Waals surface area contributed by atoms with Crippen LogP contribution in [0.25, 0.3) is 0 Å². The molecule has 4 rings (SSSR count). The zero-order valence-electron chi connectivity index (χ0n) is 14.5. The number of phenols is 2. The molecule has 2 heterocycles. The average molecular weight is 429 g/mol. The summed E-state index contributed by atoms with van der Waals surface area (Å²) in [4.78, 5) is 16.8. The maximum absolute atomic E-state index is 13.3. The number of furan rings is 1. The van der Waals surface area contributed by atoms with Gasteiger partial charge in [-0.2, -0.15) is 0 Å². The van der Waals surface area contributed by atoms with Gasteiger partial charge in [0, 0.05) is 12.6 Å². The molecule has 3 aromatic rings. The van der Waals surface area contributed by atoms with Gasteiger partial charge < -0.3 is 24.4 Å².